The van der Waals surface area contributed by atoms with Gasteiger partial charge in [-0.05, 0) is 24.2 Å². The van der Waals surface area contributed by atoms with E-state index in [1.807, 2.05) is 20.8 Å². The fourth-order valence-electron chi connectivity index (χ4n) is 2.13. The first-order chi connectivity index (χ1) is 6.62. The summed E-state index contributed by atoms with van der Waals surface area (Å²) in [5.74, 6) is -2.37. The summed E-state index contributed by atoms with van der Waals surface area (Å²) in [7, 11) is 0. The molecule has 1 aliphatic carbocycles. The normalized spacial score (nSPS) is 29.3. The van der Waals surface area contributed by atoms with E-state index in [-0.39, 0.29) is 24.2 Å². The Labute approximate surface area is 88.0 Å². The zero-order chi connectivity index (χ0) is 11.9. The van der Waals surface area contributed by atoms with Gasteiger partial charge in [-0.2, -0.15) is 13.2 Å². The molecule has 88 valence electrons. The highest BCUT2D eigenvalue weighted by Gasteiger charge is 2.48. The number of ketones is 1. The van der Waals surface area contributed by atoms with Crippen LogP contribution >= 0.6 is 0 Å². The summed E-state index contributed by atoms with van der Waals surface area (Å²) >= 11 is 0. The van der Waals surface area contributed by atoms with Crippen molar-refractivity contribution in [1.82, 2.24) is 0 Å². The minimum atomic E-state index is -4.36. The highest BCUT2D eigenvalue weighted by molar-refractivity contribution is 5.82. The van der Waals surface area contributed by atoms with Crippen LogP contribution in [0, 0.1) is 17.3 Å². The Morgan fingerprint density at radius 1 is 1.20 bits per heavy atom. The van der Waals surface area contributed by atoms with Crippen LogP contribution in [-0.2, 0) is 4.79 Å². The number of hydrogen-bond donors (Lipinski definition) is 0. The van der Waals surface area contributed by atoms with Crippen molar-refractivity contribution in [3.05, 3.63) is 0 Å². The second kappa shape index (κ2) is 3.80. The molecular formula is C11H17F3O. The fraction of sp³-hybridized carbons (Fsp3) is 0.909. The van der Waals surface area contributed by atoms with E-state index in [1.165, 1.54) is 0 Å². The van der Waals surface area contributed by atoms with E-state index < -0.39 is 17.9 Å². The predicted molar refractivity (Wildman–Crippen MR) is 51.3 cm³/mol. The van der Waals surface area contributed by atoms with E-state index in [9.17, 15) is 18.0 Å². The molecule has 0 unspecified atom stereocenters. The Morgan fingerprint density at radius 3 is 2.13 bits per heavy atom. The van der Waals surface area contributed by atoms with Crippen LogP contribution in [0.5, 0.6) is 0 Å². The molecule has 15 heavy (non-hydrogen) atoms. The number of Topliss-reactive ketones (excluding diaryl/α,β-unsaturated/α-hetero) is 1. The molecule has 0 aromatic carbocycles. The molecule has 4 heteroatoms. The van der Waals surface area contributed by atoms with E-state index in [2.05, 4.69) is 0 Å². The van der Waals surface area contributed by atoms with Gasteiger partial charge in [0, 0.05) is 6.42 Å². The average molecular weight is 222 g/mol. The van der Waals surface area contributed by atoms with Gasteiger partial charge in [0.15, 0.2) is 0 Å². The molecule has 0 aliphatic heterocycles. The molecule has 0 heterocycles. The number of carbonyl (C=O) groups is 1. The van der Waals surface area contributed by atoms with Gasteiger partial charge in [-0.25, -0.2) is 0 Å². The van der Waals surface area contributed by atoms with E-state index >= 15 is 0 Å². The van der Waals surface area contributed by atoms with Crippen LogP contribution in [0.1, 0.15) is 40.0 Å². The molecule has 0 aromatic heterocycles. The number of hydrogen-bond acceptors (Lipinski definition) is 1. The molecule has 0 spiro atoms. The van der Waals surface area contributed by atoms with E-state index in [0.717, 1.165) is 0 Å². The molecule has 1 fully saturated rings. The van der Waals surface area contributed by atoms with Gasteiger partial charge in [0.05, 0.1) is 0 Å². The summed E-state index contributed by atoms with van der Waals surface area (Å²) < 4.78 is 37.6. The monoisotopic (exact) mass is 222 g/mol. The number of carbonyl (C=O) groups excluding carboxylic acids is 1. The molecule has 1 rings (SSSR count). The first kappa shape index (κ1) is 12.5. The summed E-state index contributed by atoms with van der Waals surface area (Å²) in [6.45, 7) is 5.79. The lowest BCUT2D eigenvalue weighted by atomic mass is 9.68. The minimum absolute atomic E-state index is 0.0122. The Hall–Kier alpha value is -0.540. The summed E-state index contributed by atoms with van der Waals surface area (Å²) in [5.41, 5.74) is -0.149. The third-order valence-electron chi connectivity index (χ3n) is 3.27. The number of rotatable bonds is 0. The van der Waals surface area contributed by atoms with Crippen LogP contribution in [0.15, 0.2) is 0 Å². The Bertz CT molecular complexity index is 250. The minimum Gasteiger partial charge on any atom is -0.299 e. The van der Waals surface area contributed by atoms with Crippen molar-refractivity contribution in [3.63, 3.8) is 0 Å². The average Bonchev–Trinajstić information content (AvgIpc) is 2.00. The van der Waals surface area contributed by atoms with Crippen LogP contribution in [0.2, 0.25) is 0 Å². The molecule has 0 amide bonds. The SMILES string of the molecule is CC(C)(C)[C@H]1CCC(=O)[C@H](C(F)(F)F)C1. The fourth-order valence-corrected chi connectivity index (χ4v) is 2.13. The maximum atomic E-state index is 12.5. The molecule has 1 nitrogen and oxygen atoms in total. The van der Waals surface area contributed by atoms with Crippen LogP contribution in [0.3, 0.4) is 0 Å². The zero-order valence-electron chi connectivity index (χ0n) is 9.32. The van der Waals surface area contributed by atoms with Gasteiger partial charge < -0.3 is 0 Å². The number of halogens is 3. The molecule has 1 aliphatic rings. The first-order valence-electron chi connectivity index (χ1n) is 5.22. The molecule has 0 bridgehead atoms. The van der Waals surface area contributed by atoms with Crippen molar-refractivity contribution < 1.29 is 18.0 Å². The van der Waals surface area contributed by atoms with Crippen molar-refractivity contribution in [2.24, 2.45) is 17.3 Å². The van der Waals surface area contributed by atoms with Crippen molar-refractivity contribution in [2.45, 2.75) is 46.2 Å². The highest BCUT2D eigenvalue weighted by atomic mass is 19.4. The summed E-state index contributed by atoms with van der Waals surface area (Å²) in [6, 6.07) is 0. The van der Waals surface area contributed by atoms with Gasteiger partial charge in [0.1, 0.15) is 11.7 Å². The van der Waals surface area contributed by atoms with Crippen LogP contribution in [0.4, 0.5) is 13.2 Å². The highest BCUT2D eigenvalue weighted by Crippen LogP contribution is 2.44. The van der Waals surface area contributed by atoms with Gasteiger partial charge in [-0.3, -0.25) is 4.79 Å². The molecular weight excluding hydrogens is 205 g/mol. The zero-order valence-corrected chi connectivity index (χ0v) is 9.32. The first-order valence-corrected chi connectivity index (χ1v) is 5.22. The maximum absolute atomic E-state index is 12.5. The molecule has 0 saturated heterocycles. The molecule has 2 atom stereocenters. The smallest absolute Gasteiger partial charge is 0.299 e. The van der Waals surface area contributed by atoms with Crippen LogP contribution < -0.4 is 0 Å². The largest absolute Gasteiger partial charge is 0.398 e. The molecule has 0 aromatic rings. The predicted octanol–water partition coefficient (Wildman–Crippen LogP) is 3.58. The van der Waals surface area contributed by atoms with E-state index in [4.69, 9.17) is 0 Å². The Morgan fingerprint density at radius 2 is 1.73 bits per heavy atom. The van der Waals surface area contributed by atoms with Gasteiger partial charge in [-0.15, -0.1) is 0 Å². The lowest BCUT2D eigenvalue weighted by Crippen LogP contribution is -2.39. The third kappa shape index (κ3) is 2.95. The Kier molecular flexibility index (Phi) is 3.17. The van der Waals surface area contributed by atoms with Crippen LogP contribution in [0.25, 0.3) is 0 Å². The Balaban J connectivity index is 2.78. The van der Waals surface area contributed by atoms with Crippen LogP contribution in [-0.4, -0.2) is 12.0 Å². The lowest BCUT2D eigenvalue weighted by molar-refractivity contribution is -0.190. The molecule has 1 saturated carbocycles. The quantitative estimate of drug-likeness (QED) is 0.612. The van der Waals surface area contributed by atoms with Crippen molar-refractivity contribution in [1.29, 1.82) is 0 Å². The van der Waals surface area contributed by atoms with Gasteiger partial charge in [0.25, 0.3) is 0 Å². The summed E-state index contributed by atoms with van der Waals surface area (Å²) in [6.07, 6.45) is -3.73. The molecule has 0 radical (unpaired) electrons. The lowest BCUT2D eigenvalue weighted by Gasteiger charge is -2.37. The topological polar surface area (TPSA) is 17.1 Å². The van der Waals surface area contributed by atoms with E-state index in [1.54, 1.807) is 0 Å². The van der Waals surface area contributed by atoms with Gasteiger partial charge in [-0.1, -0.05) is 20.8 Å². The second-order valence-electron chi connectivity index (χ2n) is 5.40. The number of alkyl halides is 3. The summed E-state index contributed by atoms with van der Waals surface area (Å²) in [5, 5.41) is 0. The van der Waals surface area contributed by atoms with Gasteiger partial charge in [0.2, 0.25) is 0 Å². The summed E-state index contributed by atoms with van der Waals surface area (Å²) in [4.78, 5) is 11.2. The van der Waals surface area contributed by atoms with Crippen molar-refractivity contribution >= 4 is 5.78 Å². The molecule has 0 N–H and O–H groups in total. The van der Waals surface area contributed by atoms with Gasteiger partial charge >= 0.3 is 6.18 Å². The van der Waals surface area contributed by atoms with Crippen molar-refractivity contribution in [3.8, 4) is 0 Å². The van der Waals surface area contributed by atoms with Crippen molar-refractivity contribution in [2.75, 3.05) is 0 Å². The standard InChI is InChI=1S/C11H17F3O/c1-10(2,3)7-4-5-9(15)8(6-7)11(12,13)14/h7-8H,4-6H2,1-3H3/t7-,8+/m0/s1. The second-order valence-corrected chi connectivity index (χ2v) is 5.40. The maximum Gasteiger partial charge on any atom is 0.398 e. The van der Waals surface area contributed by atoms with E-state index in [0.29, 0.717) is 6.42 Å². The third-order valence-corrected chi connectivity index (χ3v) is 3.27.